The largest absolute Gasteiger partial charge is 0.349 e. The minimum atomic E-state index is -0.385. The van der Waals surface area contributed by atoms with Crippen LogP contribution in [0.5, 0.6) is 0 Å². The Kier molecular flexibility index (Phi) is 4.16. The van der Waals surface area contributed by atoms with Gasteiger partial charge in [0.25, 0.3) is 5.91 Å². The van der Waals surface area contributed by atoms with Crippen molar-refractivity contribution in [2.75, 3.05) is 19.6 Å². The lowest BCUT2D eigenvalue weighted by Crippen LogP contribution is -2.36. The Labute approximate surface area is 166 Å². The van der Waals surface area contributed by atoms with Crippen LogP contribution in [0, 0.1) is 11.3 Å². The number of para-hydroxylation sites is 1. The van der Waals surface area contributed by atoms with Gasteiger partial charge in [0.15, 0.2) is 11.0 Å². The molecule has 7 nitrogen and oxygen atoms in total. The maximum Gasteiger partial charge on any atom is 0.283 e. The lowest BCUT2D eigenvalue weighted by atomic mass is 10.00. The van der Waals surface area contributed by atoms with Gasteiger partial charge in [-0.25, -0.2) is 0 Å². The highest BCUT2D eigenvalue weighted by Crippen LogP contribution is 2.31. The smallest absolute Gasteiger partial charge is 0.283 e. The molecule has 1 saturated heterocycles. The number of amides is 1. The molecule has 5 rings (SSSR count). The van der Waals surface area contributed by atoms with Crippen molar-refractivity contribution < 1.29 is 4.79 Å². The highest BCUT2D eigenvalue weighted by Gasteiger charge is 2.37. The number of carbonyl (C=O) groups excluding carboxylic acids is 1. The summed E-state index contributed by atoms with van der Waals surface area (Å²) in [5, 5.41) is 17.9. The van der Waals surface area contributed by atoms with Gasteiger partial charge in [0.1, 0.15) is 0 Å². The third-order valence-corrected chi connectivity index (χ3v) is 6.46. The molecule has 0 aromatic heterocycles. The van der Waals surface area contributed by atoms with Crippen LogP contribution in [0.2, 0.25) is 0 Å². The first-order valence-corrected chi connectivity index (χ1v) is 10.3. The van der Waals surface area contributed by atoms with Gasteiger partial charge in [-0.15, -0.1) is 5.10 Å². The molecule has 0 unspecified atom stereocenters. The zero-order chi connectivity index (χ0) is 19.3. The molecule has 1 amide bonds. The maximum absolute atomic E-state index is 12.6. The van der Waals surface area contributed by atoms with Gasteiger partial charge in [0.05, 0.1) is 17.5 Å². The predicted octanol–water partition coefficient (Wildman–Crippen LogP) is 1.32. The standard InChI is InChI=1S/C20H20N6OS/c1-12-6-8-25(9-7-12)20-24-26-17(21)15(18(27)23-19(26)28-20)10-13-11-22-16-5-3-2-4-14(13)16/h2-5,10,12,21H,6-9,11H2,1H3. The van der Waals surface area contributed by atoms with E-state index in [0.29, 0.717) is 11.7 Å². The Morgan fingerprint density at radius 1 is 1.21 bits per heavy atom. The third-order valence-electron chi connectivity index (χ3n) is 5.49. The predicted molar refractivity (Wildman–Crippen MR) is 111 cm³/mol. The highest BCUT2D eigenvalue weighted by molar-refractivity contribution is 8.26. The average Bonchev–Trinajstić information content (AvgIpc) is 3.30. The highest BCUT2D eigenvalue weighted by atomic mass is 32.2. The Morgan fingerprint density at radius 2 is 2.00 bits per heavy atom. The van der Waals surface area contributed by atoms with Gasteiger partial charge in [-0.1, -0.05) is 25.1 Å². The van der Waals surface area contributed by atoms with Crippen molar-refractivity contribution in [3.8, 4) is 0 Å². The summed E-state index contributed by atoms with van der Waals surface area (Å²) in [5.41, 5.74) is 1.20. The number of benzene rings is 1. The monoisotopic (exact) mass is 392 g/mol. The van der Waals surface area contributed by atoms with E-state index in [2.05, 4.69) is 26.9 Å². The Hall–Kier alpha value is -2.74. The fourth-order valence-electron chi connectivity index (χ4n) is 3.75. The quantitative estimate of drug-likeness (QED) is 0.731. The molecule has 142 valence electrons. The fourth-order valence-corrected chi connectivity index (χ4v) is 4.69. The van der Waals surface area contributed by atoms with Crippen LogP contribution >= 0.6 is 11.8 Å². The number of piperidine rings is 1. The summed E-state index contributed by atoms with van der Waals surface area (Å²) in [6.45, 7) is 4.68. The van der Waals surface area contributed by atoms with Crippen LogP contribution in [0.15, 0.2) is 51.0 Å². The van der Waals surface area contributed by atoms with Gasteiger partial charge >= 0.3 is 0 Å². The minimum Gasteiger partial charge on any atom is -0.349 e. The van der Waals surface area contributed by atoms with E-state index in [0.717, 1.165) is 53.2 Å². The second-order valence-electron chi connectivity index (χ2n) is 7.43. The zero-order valence-electron chi connectivity index (χ0n) is 15.6. The number of rotatable bonds is 1. The third kappa shape index (κ3) is 2.88. The summed E-state index contributed by atoms with van der Waals surface area (Å²) in [6, 6.07) is 7.85. The SMILES string of the molecule is CC1CCN(C2=NN3C(=N)C(=CC4=c5ccccc5=NC4)C(=O)N=C3S2)CC1. The van der Waals surface area contributed by atoms with E-state index in [1.165, 1.54) is 16.8 Å². The van der Waals surface area contributed by atoms with Gasteiger partial charge in [-0.2, -0.15) is 10.0 Å². The summed E-state index contributed by atoms with van der Waals surface area (Å²) in [7, 11) is 0. The number of carbonyl (C=O) groups is 1. The zero-order valence-corrected chi connectivity index (χ0v) is 16.4. The second kappa shape index (κ2) is 6.70. The van der Waals surface area contributed by atoms with E-state index in [1.807, 2.05) is 24.3 Å². The molecule has 4 aliphatic heterocycles. The van der Waals surface area contributed by atoms with E-state index in [-0.39, 0.29) is 17.3 Å². The molecule has 0 spiro atoms. The summed E-state index contributed by atoms with van der Waals surface area (Å²) in [6.07, 6.45) is 4.02. The summed E-state index contributed by atoms with van der Waals surface area (Å²) in [4.78, 5) is 23.6. The molecule has 0 bridgehead atoms. The van der Waals surface area contributed by atoms with Crippen molar-refractivity contribution in [1.82, 2.24) is 9.91 Å². The Bertz CT molecular complexity index is 1090. The van der Waals surface area contributed by atoms with Crippen molar-refractivity contribution in [2.24, 2.45) is 21.0 Å². The molecule has 0 atom stereocenters. The van der Waals surface area contributed by atoms with Crippen LogP contribution in [0.1, 0.15) is 19.8 Å². The van der Waals surface area contributed by atoms with Crippen molar-refractivity contribution >= 4 is 39.4 Å². The summed E-state index contributed by atoms with van der Waals surface area (Å²) in [5.74, 6) is 0.429. The number of amidine groups is 3. The van der Waals surface area contributed by atoms with Gasteiger partial charge in [0, 0.05) is 18.3 Å². The van der Waals surface area contributed by atoms with Crippen LogP contribution in [-0.2, 0) is 4.79 Å². The molecule has 1 fully saturated rings. The molecule has 1 aromatic carbocycles. The van der Waals surface area contributed by atoms with E-state index in [4.69, 9.17) is 5.41 Å². The number of hydrogen-bond donors (Lipinski definition) is 1. The number of aliphatic imine (C=N–C) groups is 1. The first-order chi connectivity index (χ1) is 13.6. The van der Waals surface area contributed by atoms with E-state index >= 15 is 0 Å². The van der Waals surface area contributed by atoms with Crippen molar-refractivity contribution in [1.29, 1.82) is 5.41 Å². The normalized spacial score (nSPS) is 23.6. The van der Waals surface area contributed by atoms with Gasteiger partial charge < -0.3 is 4.90 Å². The molecule has 1 aromatic rings. The Balaban J connectivity index is 1.46. The van der Waals surface area contributed by atoms with Crippen molar-refractivity contribution in [3.63, 3.8) is 0 Å². The Morgan fingerprint density at radius 3 is 2.82 bits per heavy atom. The molecular weight excluding hydrogens is 372 g/mol. The second-order valence-corrected chi connectivity index (χ2v) is 8.37. The number of thioether (sulfide) groups is 1. The first-order valence-electron chi connectivity index (χ1n) is 9.48. The number of likely N-dealkylation sites (tertiary alicyclic amines) is 1. The van der Waals surface area contributed by atoms with Crippen LogP contribution in [-0.4, -0.2) is 51.6 Å². The molecule has 1 N–H and O–H groups in total. The topological polar surface area (TPSA) is 84.5 Å². The van der Waals surface area contributed by atoms with Gasteiger partial charge in [-0.05, 0) is 48.2 Å². The number of hydrogen-bond acceptors (Lipinski definition) is 6. The molecule has 0 aliphatic carbocycles. The minimum absolute atomic E-state index is 0.0831. The first kappa shape index (κ1) is 17.4. The molecule has 0 saturated carbocycles. The van der Waals surface area contributed by atoms with Crippen molar-refractivity contribution in [3.05, 3.63) is 46.5 Å². The number of fused-ring (bicyclic) bond motifs is 2. The molecule has 0 radical (unpaired) electrons. The van der Waals surface area contributed by atoms with Crippen LogP contribution < -0.4 is 10.6 Å². The van der Waals surface area contributed by atoms with Gasteiger partial charge in [0.2, 0.25) is 5.17 Å². The van der Waals surface area contributed by atoms with Crippen LogP contribution in [0.4, 0.5) is 0 Å². The lowest BCUT2D eigenvalue weighted by molar-refractivity contribution is -0.114. The molecular formula is C20H20N6OS. The fraction of sp³-hybridized carbons (Fsp3) is 0.350. The van der Waals surface area contributed by atoms with E-state index in [9.17, 15) is 4.79 Å². The van der Waals surface area contributed by atoms with E-state index < -0.39 is 0 Å². The molecule has 8 heteroatoms. The number of nitrogens with one attached hydrogen (secondary N) is 1. The molecule has 28 heavy (non-hydrogen) atoms. The summed E-state index contributed by atoms with van der Waals surface area (Å²) >= 11 is 1.38. The summed E-state index contributed by atoms with van der Waals surface area (Å²) < 4.78 is 0. The van der Waals surface area contributed by atoms with Gasteiger partial charge in [-0.3, -0.25) is 15.2 Å². The number of nitrogens with zero attached hydrogens (tertiary/aromatic N) is 5. The van der Waals surface area contributed by atoms with Crippen LogP contribution in [0.3, 0.4) is 0 Å². The van der Waals surface area contributed by atoms with Crippen molar-refractivity contribution in [2.45, 2.75) is 19.8 Å². The van der Waals surface area contributed by atoms with E-state index in [1.54, 1.807) is 6.08 Å². The number of hydrazone groups is 1. The maximum atomic E-state index is 12.6. The van der Waals surface area contributed by atoms with Crippen LogP contribution in [0.25, 0.3) is 5.57 Å². The molecule has 4 heterocycles. The lowest BCUT2D eigenvalue weighted by Gasteiger charge is -2.30. The average molecular weight is 392 g/mol. The molecule has 4 aliphatic rings.